The molecule has 8 nitrogen and oxygen atoms in total. The zero-order valence-corrected chi connectivity index (χ0v) is 16.5. The van der Waals surface area contributed by atoms with Gasteiger partial charge in [-0.05, 0) is 51.0 Å². The Hall–Kier alpha value is -3.03. The van der Waals surface area contributed by atoms with Crippen LogP contribution in [-0.2, 0) is 4.79 Å². The van der Waals surface area contributed by atoms with Crippen molar-refractivity contribution < 1.29 is 14.4 Å². The Balaban J connectivity index is 1.87. The van der Waals surface area contributed by atoms with Crippen molar-refractivity contribution in [2.45, 2.75) is 32.7 Å². The van der Waals surface area contributed by atoms with Crippen LogP contribution in [0.4, 0.5) is 21.0 Å². The van der Waals surface area contributed by atoms with E-state index >= 15 is 0 Å². The first-order valence-corrected chi connectivity index (χ1v) is 9.51. The molecule has 1 aliphatic heterocycles. The molecule has 2 rings (SSSR count). The maximum atomic E-state index is 12.5. The highest BCUT2D eigenvalue weighted by molar-refractivity contribution is 5.92. The average molecular weight is 387 g/mol. The quantitative estimate of drug-likeness (QED) is 0.564. The van der Waals surface area contributed by atoms with E-state index in [1.54, 1.807) is 35.2 Å². The maximum absolute atomic E-state index is 12.5. The normalized spacial score (nSPS) is 16.2. The SMILES string of the molecule is C=CCNC(=O)[C@H]1CCCN(C(=O)Nc2ccc(NC(=O)NC(C)C)cc2)C1. The van der Waals surface area contributed by atoms with E-state index in [2.05, 4.69) is 27.8 Å². The topological polar surface area (TPSA) is 103 Å². The van der Waals surface area contributed by atoms with E-state index in [-0.39, 0.29) is 29.9 Å². The number of nitrogens with zero attached hydrogens (tertiary/aromatic N) is 1. The standard InChI is InChI=1S/C20H29N5O3/c1-4-11-21-18(26)15-6-5-12-25(13-15)20(28)24-17-9-7-16(8-10-17)23-19(27)22-14(2)3/h4,7-10,14-15H,1,5-6,11-13H2,2-3H3,(H,21,26)(H,24,28)(H2,22,23,27)/t15-/m0/s1. The lowest BCUT2D eigenvalue weighted by molar-refractivity contribution is -0.126. The molecule has 1 aliphatic rings. The molecule has 1 saturated heterocycles. The summed E-state index contributed by atoms with van der Waals surface area (Å²) < 4.78 is 0. The minimum Gasteiger partial charge on any atom is -0.352 e. The summed E-state index contributed by atoms with van der Waals surface area (Å²) >= 11 is 0. The predicted octanol–water partition coefficient (Wildman–Crippen LogP) is 2.76. The first-order valence-electron chi connectivity index (χ1n) is 9.51. The lowest BCUT2D eigenvalue weighted by atomic mass is 9.97. The van der Waals surface area contributed by atoms with Gasteiger partial charge in [-0.15, -0.1) is 6.58 Å². The molecule has 1 aromatic rings. The second-order valence-corrected chi connectivity index (χ2v) is 7.08. The van der Waals surface area contributed by atoms with E-state index in [4.69, 9.17) is 0 Å². The van der Waals surface area contributed by atoms with Crippen LogP contribution in [0.25, 0.3) is 0 Å². The number of nitrogens with one attached hydrogen (secondary N) is 4. The molecule has 0 unspecified atom stereocenters. The molecule has 0 saturated carbocycles. The molecular weight excluding hydrogens is 358 g/mol. The summed E-state index contributed by atoms with van der Waals surface area (Å²) in [5.41, 5.74) is 1.26. The third-order valence-electron chi connectivity index (χ3n) is 4.31. The van der Waals surface area contributed by atoms with Gasteiger partial charge < -0.3 is 26.2 Å². The highest BCUT2D eigenvalue weighted by Gasteiger charge is 2.28. The van der Waals surface area contributed by atoms with E-state index in [0.29, 0.717) is 31.0 Å². The van der Waals surface area contributed by atoms with Gasteiger partial charge in [0.15, 0.2) is 0 Å². The molecule has 5 amide bonds. The Kier molecular flexibility index (Phi) is 7.86. The van der Waals surface area contributed by atoms with E-state index in [1.807, 2.05) is 13.8 Å². The van der Waals surface area contributed by atoms with E-state index in [1.165, 1.54) is 0 Å². The summed E-state index contributed by atoms with van der Waals surface area (Å²) in [4.78, 5) is 38.0. The Morgan fingerprint density at radius 1 is 1.18 bits per heavy atom. The minimum atomic E-state index is -0.277. The monoisotopic (exact) mass is 387 g/mol. The second-order valence-electron chi connectivity index (χ2n) is 7.08. The lowest BCUT2D eigenvalue weighted by Crippen LogP contribution is -2.46. The summed E-state index contributed by atoms with van der Waals surface area (Å²) in [6.45, 7) is 8.79. The molecule has 1 heterocycles. The van der Waals surface area contributed by atoms with E-state index in [9.17, 15) is 14.4 Å². The zero-order valence-electron chi connectivity index (χ0n) is 16.5. The smallest absolute Gasteiger partial charge is 0.321 e. The van der Waals surface area contributed by atoms with Gasteiger partial charge in [-0.3, -0.25) is 4.79 Å². The summed E-state index contributed by atoms with van der Waals surface area (Å²) in [6.07, 6.45) is 3.19. The van der Waals surface area contributed by atoms with E-state index < -0.39 is 0 Å². The number of carbonyl (C=O) groups excluding carboxylic acids is 3. The van der Waals surface area contributed by atoms with Crippen molar-refractivity contribution in [1.82, 2.24) is 15.5 Å². The van der Waals surface area contributed by atoms with Crippen LogP contribution in [-0.4, -0.2) is 48.5 Å². The van der Waals surface area contributed by atoms with Crippen molar-refractivity contribution in [3.8, 4) is 0 Å². The number of urea groups is 2. The summed E-state index contributed by atoms with van der Waals surface area (Å²) in [5, 5.41) is 11.1. The van der Waals surface area contributed by atoms with Gasteiger partial charge in [0.25, 0.3) is 0 Å². The Labute approximate surface area is 165 Å². The van der Waals surface area contributed by atoms with Crippen molar-refractivity contribution in [2.24, 2.45) is 5.92 Å². The fourth-order valence-electron chi connectivity index (χ4n) is 2.96. The van der Waals surface area contributed by atoms with Gasteiger partial charge in [0, 0.05) is 37.1 Å². The van der Waals surface area contributed by atoms with Gasteiger partial charge in [-0.25, -0.2) is 9.59 Å². The summed E-state index contributed by atoms with van der Waals surface area (Å²) in [5.74, 6) is -0.252. The number of carbonyl (C=O) groups is 3. The van der Waals surface area contributed by atoms with Crippen LogP contribution in [0.5, 0.6) is 0 Å². The largest absolute Gasteiger partial charge is 0.352 e. The number of piperidine rings is 1. The molecule has 1 aromatic carbocycles. The highest BCUT2D eigenvalue weighted by atomic mass is 16.2. The predicted molar refractivity (Wildman–Crippen MR) is 110 cm³/mol. The molecule has 152 valence electrons. The van der Waals surface area contributed by atoms with Crippen LogP contribution < -0.4 is 21.3 Å². The molecule has 1 fully saturated rings. The van der Waals surface area contributed by atoms with Gasteiger partial charge in [-0.1, -0.05) is 6.08 Å². The number of likely N-dealkylation sites (tertiary alicyclic amines) is 1. The molecule has 8 heteroatoms. The number of anilines is 2. The minimum absolute atomic E-state index is 0.0470. The molecule has 0 radical (unpaired) electrons. The molecule has 4 N–H and O–H groups in total. The maximum Gasteiger partial charge on any atom is 0.321 e. The van der Waals surface area contributed by atoms with Crippen LogP contribution >= 0.6 is 0 Å². The van der Waals surface area contributed by atoms with Crippen LogP contribution in [0.3, 0.4) is 0 Å². The van der Waals surface area contributed by atoms with Crippen LogP contribution in [0.15, 0.2) is 36.9 Å². The molecule has 0 aromatic heterocycles. The van der Waals surface area contributed by atoms with Crippen molar-refractivity contribution in [3.63, 3.8) is 0 Å². The molecule has 1 atom stereocenters. The number of hydrogen-bond donors (Lipinski definition) is 4. The van der Waals surface area contributed by atoms with Crippen LogP contribution in [0, 0.1) is 5.92 Å². The van der Waals surface area contributed by atoms with Gasteiger partial charge in [0.1, 0.15) is 0 Å². The number of amides is 5. The third kappa shape index (κ3) is 6.61. The van der Waals surface area contributed by atoms with Gasteiger partial charge in [0.05, 0.1) is 5.92 Å². The second kappa shape index (κ2) is 10.3. The van der Waals surface area contributed by atoms with Crippen LogP contribution in [0.1, 0.15) is 26.7 Å². The average Bonchev–Trinajstić information content (AvgIpc) is 2.67. The fourth-order valence-corrected chi connectivity index (χ4v) is 2.96. The first-order chi connectivity index (χ1) is 13.4. The Morgan fingerprint density at radius 2 is 1.82 bits per heavy atom. The molecule has 0 aliphatic carbocycles. The van der Waals surface area contributed by atoms with Crippen molar-refractivity contribution >= 4 is 29.3 Å². The molecule has 28 heavy (non-hydrogen) atoms. The molecule has 0 bridgehead atoms. The van der Waals surface area contributed by atoms with E-state index in [0.717, 1.165) is 12.8 Å². The Bertz CT molecular complexity index is 702. The van der Waals surface area contributed by atoms with Gasteiger partial charge in [-0.2, -0.15) is 0 Å². The highest BCUT2D eigenvalue weighted by Crippen LogP contribution is 2.19. The first kappa shape index (κ1) is 21.3. The Morgan fingerprint density at radius 3 is 2.43 bits per heavy atom. The van der Waals surface area contributed by atoms with Crippen LogP contribution in [0.2, 0.25) is 0 Å². The van der Waals surface area contributed by atoms with Gasteiger partial charge in [0.2, 0.25) is 5.91 Å². The number of benzene rings is 1. The zero-order chi connectivity index (χ0) is 20.5. The fraction of sp³-hybridized carbons (Fsp3) is 0.450. The summed E-state index contributed by atoms with van der Waals surface area (Å²) in [6, 6.07) is 6.42. The van der Waals surface area contributed by atoms with Crippen molar-refractivity contribution in [2.75, 3.05) is 30.3 Å². The lowest BCUT2D eigenvalue weighted by Gasteiger charge is -2.32. The third-order valence-corrected chi connectivity index (χ3v) is 4.31. The molecule has 0 spiro atoms. The van der Waals surface area contributed by atoms with Gasteiger partial charge >= 0.3 is 12.1 Å². The number of hydrogen-bond acceptors (Lipinski definition) is 3. The summed E-state index contributed by atoms with van der Waals surface area (Å²) in [7, 11) is 0. The number of rotatable bonds is 6. The van der Waals surface area contributed by atoms with Crippen molar-refractivity contribution in [3.05, 3.63) is 36.9 Å². The molecular formula is C20H29N5O3. The van der Waals surface area contributed by atoms with Crippen molar-refractivity contribution in [1.29, 1.82) is 0 Å².